The second-order valence-corrected chi connectivity index (χ2v) is 7.24. The van der Waals surface area contributed by atoms with E-state index in [1.165, 1.54) is 4.57 Å². The molecule has 3 aromatic rings. The van der Waals surface area contributed by atoms with Gasteiger partial charge in [0.2, 0.25) is 5.95 Å². The Morgan fingerprint density at radius 3 is 2.52 bits per heavy atom. The van der Waals surface area contributed by atoms with Crippen molar-refractivity contribution >= 4 is 28.7 Å². The zero-order valence-corrected chi connectivity index (χ0v) is 16.0. The highest BCUT2D eigenvalue weighted by Crippen LogP contribution is 2.29. The summed E-state index contributed by atoms with van der Waals surface area (Å²) in [7, 11) is 0. The minimum atomic E-state index is -0.472. The summed E-state index contributed by atoms with van der Waals surface area (Å²) < 4.78 is 3.27. The predicted octanol–water partition coefficient (Wildman–Crippen LogP) is 1.52. The van der Waals surface area contributed by atoms with Crippen molar-refractivity contribution < 1.29 is 0 Å². The van der Waals surface area contributed by atoms with Crippen LogP contribution in [-0.2, 0) is 0 Å². The van der Waals surface area contributed by atoms with Crippen molar-refractivity contribution in [2.45, 2.75) is 19.9 Å². The van der Waals surface area contributed by atoms with Crippen LogP contribution in [0, 0.1) is 0 Å². The Kier molecular flexibility index (Phi) is 4.53. The molecule has 0 radical (unpaired) electrons. The third-order valence-corrected chi connectivity index (χ3v) is 5.05. The van der Waals surface area contributed by atoms with Crippen LogP contribution < -0.4 is 21.5 Å². The van der Waals surface area contributed by atoms with Crippen LogP contribution in [0.15, 0.2) is 33.9 Å². The number of rotatable bonds is 3. The van der Waals surface area contributed by atoms with Crippen LogP contribution in [0.3, 0.4) is 0 Å². The molecule has 0 unspecified atom stereocenters. The summed E-state index contributed by atoms with van der Waals surface area (Å²) in [5.41, 5.74) is 0.422. The molecule has 0 bridgehead atoms. The summed E-state index contributed by atoms with van der Waals surface area (Å²) in [5, 5.41) is 3.82. The fourth-order valence-corrected chi connectivity index (χ4v) is 3.72. The lowest BCUT2D eigenvalue weighted by Crippen LogP contribution is -2.44. The van der Waals surface area contributed by atoms with Gasteiger partial charge in [0.25, 0.3) is 5.56 Å². The van der Waals surface area contributed by atoms with Gasteiger partial charge in [-0.25, -0.2) is 4.79 Å². The number of benzene rings is 1. The molecule has 9 heteroatoms. The molecule has 142 valence electrons. The molecule has 0 amide bonds. The molecule has 1 aliphatic heterocycles. The molecule has 27 heavy (non-hydrogen) atoms. The van der Waals surface area contributed by atoms with Crippen molar-refractivity contribution in [3.63, 3.8) is 0 Å². The van der Waals surface area contributed by atoms with Gasteiger partial charge >= 0.3 is 5.69 Å². The summed E-state index contributed by atoms with van der Waals surface area (Å²) in [6.07, 6.45) is 0. The monoisotopic (exact) mass is 388 g/mol. The molecule has 0 aliphatic carbocycles. The second kappa shape index (κ2) is 6.86. The maximum Gasteiger partial charge on any atom is 0.330 e. The lowest BCUT2D eigenvalue weighted by atomic mass is 10.3. The van der Waals surface area contributed by atoms with E-state index in [0.717, 1.165) is 26.2 Å². The van der Waals surface area contributed by atoms with E-state index in [4.69, 9.17) is 16.6 Å². The number of hydrogen-bond donors (Lipinski definition) is 2. The molecule has 0 saturated carbocycles. The van der Waals surface area contributed by atoms with Crippen molar-refractivity contribution in [1.29, 1.82) is 0 Å². The van der Waals surface area contributed by atoms with Crippen LogP contribution in [0.1, 0.15) is 19.9 Å². The van der Waals surface area contributed by atoms with Gasteiger partial charge in [0.15, 0.2) is 11.2 Å². The molecular weight excluding hydrogens is 368 g/mol. The summed E-state index contributed by atoms with van der Waals surface area (Å²) in [6, 6.07) is 7.17. The van der Waals surface area contributed by atoms with E-state index < -0.39 is 11.2 Å². The number of aromatic amines is 1. The Balaban J connectivity index is 2.12. The van der Waals surface area contributed by atoms with Crippen molar-refractivity contribution in [2.24, 2.45) is 0 Å². The SMILES string of the molecule is CC(C)n1c(=O)[nH]c(=O)c2c1nc(N1CCNCC1)n2-c1ccccc1Cl. The maximum atomic E-state index is 12.8. The molecule has 2 N–H and O–H groups in total. The molecule has 3 heterocycles. The van der Waals surface area contributed by atoms with Crippen molar-refractivity contribution in [1.82, 2.24) is 24.4 Å². The number of anilines is 1. The first-order chi connectivity index (χ1) is 13.0. The summed E-state index contributed by atoms with van der Waals surface area (Å²) >= 11 is 6.45. The molecule has 1 saturated heterocycles. The lowest BCUT2D eigenvalue weighted by Gasteiger charge is -2.28. The van der Waals surface area contributed by atoms with E-state index in [-0.39, 0.29) is 6.04 Å². The van der Waals surface area contributed by atoms with Crippen molar-refractivity contribution in [3.05, 3.63) is 50.1 Å². The Morgan fingerprint density at radius 2 is 1.85 bits per heavy atom. The van der Waals surface area contributed by atoms with Crippen LogP contribution in [0.4, 0.5) is 5.95 Å². The quantitative estimate of drug-likeness (QED) is 0.710. The Bertz CT molecular complexity index is 1110. The van der Waals surface area contributed by atoms with Crippen LogP contribution in [-0.4, -0.2) is 45.3 Å². The number of aromatic nitrogens is 4. The van der Waals surface area contributed by atoms with Gasteiger partial charge in [-0.3, -0.25) is 18.9 Å². The first kappa shape index (κ1) is 17.8. The molecule has 0 atom stereocenters. The molecular formula is C18H21ClN6O2. The number of H-pyrrole nitrogens is 1. The van der Waals surface area contributed by atoms with Gasteiger partial charge in [0, 0.05) is 32.2 Å². The molecule has 1 aliphatic rings. The summed E-state index contributed by atoms with van der Waals surface area (Å²) in [4.78, 5) is 34.5. The second-order valence-electron chi connectivity index (χ2n) is 6.83. The fourth-order valence-electron chi connectivity index (χ4n) is 3.50. The number of hydrogen-bond acceptors (Lipinski definition) is 5. The molecule has 0 spiro atoms. The topological polar surface area (TPSA) is 87.9 Å². The van der Waals surface area contributed by atoms with Gasteiger partial charge in [-0.1, -0.05) is 23.7 Å². The molecule has 1 aromatic carbocycles. The van der Waals surface area contributed by atoms with E-state index >= 15 is 0 Å². The highest BCUT2D eigenvalue weighted by molar-refractivity contribution is 6.32. The normalized spacial score (nSPS) is 15.0. The highest BCUT2D eigenvalue weighted by Gasteiger charge is 2.25. The Labute approximate surface area is 160 Å². The summed E-state index contributed by atoms with van der Waals surface area (Å²) in [5.74, 6) is 0.616. The van der Waals surface area contributed by atoms with Gasteiger partial charge in [-0.2, -0.15) is 4.98 Å². The van der Waals surface area contributed by atoms with Crippen molar-refractivity contribution in [2.75, 3.05) is 31.1 Å². The highest BCUT2D eigenvalue weighted by atomic mass is 35.5. The number of para-hydroxylation sites is 1. The van der Waals surface area contributed by atoms with Gasteiger partial charge in [0.05, 0.1) is 10.7 Å². The van der Waals surface area contributed by atoms with E-state index in [2.05, 4.69) is 15.2 Å². The molecule has 2 aromatic heterocycles. The van der Waals surface area contributed by atoms with Gasteiger partial charge in [-0.15, -0.1) is 0 Å². The van der Waals surface area contributed by atoms with Crippen LogP contribution in [0.25, 0.3) is 16.9 Å². The Morgan fingerprint density at radius 1 is 1.15 bits per heavy atom. The van der Waals surface area contributed by atoms with Gasteiger partial charge < -0.3 is 10.2 Å². The molecule has 8 nitrogen and oxygen atoms in total. The fraction of sp³-hybridized carbons (Fsp3) is 0.389. The van der Waals surface area contributed by atoms with E-state index in [0.29, 0.717) is 27.8 Å². The van der Waals surface area contributed by atoms with E-state index in [9.17, 15) is 9.59 Å². The standard InChI is InChI=1S/C18H21ClN6O2/c1-11(2)24-15-14(16(26)22-18(24)27)25(13-6-4-3-5-12(13)19)17(21-15)23-9-7-20-8-10-23/h3-6,11,20H,7-10H2,1-2H3,(H,22,26,27). The smallest absolute Gasteiger partial charge is 0.330 e. The van der Waals surface area contributed by atoms with E-state index in [1.807, 2.05) is 32.0 Å². The first-order valence-corrected chi connectivity index (χ1v) is 9.34. The lowest BCUT2D eigenvalue weighted by molar-refractivity contribution is 0.574. The van der Waals surface area contributed by atoms with Crippen LogP contribution in [0.2, 0.25) is 5.02 Å². The molecule has 1 fully saturated rings. The Hall–Kier alpha value is -2.58. The molecule has 4 rings (SSSR count). The van der Waals surface area contributed by atoms with Crippen molar-refractivity contribution in [3.8, 4) is 5.69 Å². The number of piperazine rings is 1. The number of nitrogens with zero attached hydrogens (tertiary/aromatic N) is 4. The summed E-state index contributed by atoms with van der Waals surface area (Å²) in [6.45, 7) is 6.91. The van der Waals surface area contributed by atoms with Crippen LogP contribution in [0.5, 0.6) is 0 Å². The van der Waals surface area contributed by atoms with Gasteiger partial charge in [-0.05, 0) is 26.0 Å². The number of halogens is 1. The van der Waals surface area contributed by atoms with Crippen LogP contribution >= 0.6 is 11.6 Å². The van der Waals surface area contributed by atoms with E-state index in [1.54, 1.807) is 10.6 Å². The van der Waals surface area contributed by atoms with Gasteiger partial charge in [0.1, 0.15) is 0 Å². The number of imidazole rings is 1. The zero-order valence-electron chi connectivity index (χ0n) is 15.2. The predicted molar refractivity (Wildman–Crippen MR) is 106 cm³/mol. The minimum absolute atomic E-state index is 0.151. The minimum Gasteiger partial charge on any atom is -0.339 e. The number of nitrogens with one attached hydrogen (secondary N) is 2. The average molecular weight is 389 g/mol. The third-order valence-electron chi connectivity index (χ3n) is 4.73. The largest absolute Gasteiger partial charge is 0.339 e. The maximum absolute atomic E-state index is 12.8. The average Bonchev–Trinajstić information content (AvgIpc) is 3.03. The third kappa shape index (κ3) is 2.94. The zero-order chi connectivity index (χ0) is 19.1. The first-order valence-electron chi connectivity index (χ1n) is 8.97. The number of fused-ring (bicyclic) bond motifs is 1.